The fraction of sp³-hybridized carbons (Fsp3) is 0.571. The van der Waals surface area contributed by atoms with Gasteiger partial charge in [0.15, 0.2) is 0 Å². The van der Waals surface area contributed by atoms with Crippen molar-refractivity contribution in [2.45, 2.75) is 13.3 Å². The Hall–Kier alpha value is -1.08. The first-order valence-electron chi connectivity index (χ1n) is 3.15. The summed E-state index contributed by atoms with van der Waals surface area (Å²) < 4.78 is 4.64. The van der Waals surface area contributed by atoms with Gasteiger partial charge < -0.3 is 4.74 Å². The number of rotatable bonds is 4. The maximum Gasteiger partial charge on any atom is 0.307 e. The van der Waals surface area contributed by atoms with Crippen molar-refractivity contribution in [2.24, 2.45) is 4.99 Å². The van der Waals surface area contributed by atoms with Crippen LogP contribution in [0.5, 0.6) is 0 Å². The van der Waals surface area contributed by atoms with Crippen molar-refractivity contribution in [1.29, 1.82) is 0 Å². The number of nitrogens with zero attached hydrogens (tertiary/aromatic N) is 1. The molecular weight excluding hydrogens is 130 g/mol. The van der Waals surface area contributed by atoms with Gasteiger partial charge in [0.05, 0.1) is 19.6 Å². The Balaban J connectivity index is 3.30. The predicted molar refractivity (Wildman–Crippen MR) is 39.2 cm³/mol. The van der Waals surface area contributed by atoms with E-state index in [-0.39, 0.29) is 5.97 Å². The van der Waals surface area contributed by atoms with Crippen molar-refractivity contribution in [2.75, 3.05) is 13.2 Å². The van der Waals surface area contributed by atoms with Gasteiger partial charge in [-0.1, -0.05) is 0 Å². The van der Waals surface area contributed by atoms with Crippen LogP contribution < -0.4 is 0 Å². The highest BCUT2D eigenvalue weighted by Crippen LogP contribution is 1.85. The predicted octanol–water partition coefficient (Wildman–Crippen LogP) is 0.795. The van der Waals surface area contributed by atoms with Gasteiger partial charge in [-0.3, -0.25) is 4.79 Å². The van der Waals surface area contributed by atoms with E-state index in [4.69, 9.17) is 0 Å². The van der Waals surface area contributed by atoms with Gasteiger partial charge in [-0.25, -0.2) is 4.99 Å². The zero-order chi connectivity index (χ0) is 7.82. The topological polar surface area (TPSA) is 38.7 Å². The molecule has 10 heavy (non-hydrogen) atoms. The van der Waals surface area contributed by atoms with E-state index in [2.05, 4.69) is 22.2 Å². The molecule has 0 N–H and O–H groups in total. The minimum Gasteiger partial charge on any atom is -0.466 e. The number of hydrogen-bond acceptors (Lipinski definition) is 3. The lowest BCUT2D eigenvalue weighted by Crippen LogP contribution is -2.04. The molecule has 0 rings (SSSR count). The summed E-state index contributed by atoms with van der Waals surface area (Å²) in [7, 11) is 0. The van der Waals surface area contributed by atoms with Gasteiger partial charge in [0.25, 0.3) is 0 Å². The van der Waals surface area contributed by atoms with Crippen molar-refractivity contribution in [3.63, 3.8) is 0 Å². The number of carbonyl (C=O) groups is 1. The van der Waals surface area contributed by atoms with Crippen LogP contribution in [0.15, 0.2) is 11.6 Å². The number of ether oxygens (including phenoxy) is 1. The van der Waals surface area contributed by atoms with Crippen LogP contribution in [0.2, 0.25) is 0 Å². The van der Waals surface area contributed by atoms with Gasteiger partial charge in [0.1, 0.15) is 0 Å². The monoisotopic (exact) mass is 141 g/mol. The molecule has 0 saturated carbocycles. The molecule has 0 aliphatic carbocycles. The van der Waals surface area contributed by atoms with Crippen LogP contribution >= 0.6 is 0 Å². The van der Waals surface area contributed by atoms with Gasteiger partial charge in [-0.05, 0) is 19.4 Å². The first-order valence-corrected chi connectivity index (χ1v) is 3.15. The molecule has 0 aliphatic heterocycles. The highest BCUT2D eigenvalue weighted by Gasteiger charge is 1.97. The molecule has 3 nitrogen and oxygen atoms in total. The summed E-state index contributed by atoms with van der Waals surface area (Å²) in [6.07, 6.45) is 0.316. The normalized spacial score (nSPS) is 8.10. The second-order valence-electron chi connectivity index (χ2n) is 1.59. The van der Waals surface area contributed by atoms with Crippen molar-refractivity contribution < 1.29 is 9.53 Å². The van der Waals surface area contributed by atoms with Crippen LogP contribution in [0.1, 0.15) is 13.3 Å². The highest BCUT2D eigenvalue weighted by atomic mass is 16.5. The van der Waals surface area contributed by atoms with Crippen molar-refractivity contribution in [1.82, 2.24) is 0 Å². The van der Waals surface area contributed by atoms with Gasteiger partial charge in [-0.15, -0.1) is 0 Å². The average Bonchev–Trinajstić information content (AvgIpc) is 1.89. The quantitative estimate of drug-likeness (QED) is 0.429. The van der Waals surface area contributed by atoms with Crippen LogP contribution in [0.4, 0.5) is 0 Å². The Morgan fingerprint density at radius 1 is 1.80 bits per heavy atom. The van der Waals surface area contributed by atoms with Gasteiger partial charge in [-0.2, -0.15) is 0 Å². The molecule has 3 heteroatoms. The lowest BCUT2D eigenvalue weighted by molar-refractivity contribution is -0.142. The third kappa shape index (κ3) is 5.06. The molecule has 0 aromatic carbocycles. The first kappa shape index (κ1) is 8.92. The summed E-state index contributed by atoms with van der Waals surface area (Å²) in [5.41, 5.74) is 0. The Labute approximate surface area is 60.4 Å². The summed E-state index contributed by atoms with van der Waals surface area (Å²) in [5, 5.41) is 0. The summed E-state index contributed by atoms with van der Waals surface area (Å²) in [4.78, 5) is 14.2. The van der Waals surface area contributed by atoms with E-state index >= 15 is 0 Å². The van der Waals surface area contributed by atoms with E-state index in [1.165, 1.54) is 0 Å². The third-order valence-electron chi connectivity index (χ3n) is 0.845. The van der Waals surface area contributed by atoms with E-state index in [1.54, 1.807) is 6.92 Å². The van der Waals surface area contributed by atoms with Gasteiger partial charge in [0, 0.05) is 0 Å². The standard InChI is InChI=1S/C7H11NO2/c1-3-8-6-5-7(9)10-4-2/h1,4-6H2,2H3. The molecule has 0 atom stereocenters. The van der Waals surface area contributed by atoms with E-state index in [9.17, 15) is 4.79 Å². The number of hydrogen-bond donors (Lipinski definition) is 0. The van der Waals surface area contributed by atoms with E-state index in [0.717, 1.165) is 0 Å². The molecule has 0 unspecified atom stereocenters. The zero-order valence-corrected chi connectivity index (χ0v) is 6.09. The van der Waals surface area contributed by atoms with Gasteiger partial charge >= 0.3 is 5.97 Å². The lowest BCUT2D eigenvalue weighted by atomic mass is 10.4. The van der Waals surface area contributed by atoms with E-state index in [1.807, 2.05) is 0 Å². The molecule has 0 fully saturated rings. The molecule has 0 radical (unpaired) electrons. The maximum absolute atomic E-state index is 10.6. The van der Waals surface area contributed by atoms with Crippen LogP contribution in [-0.2, 0) is 9.53 Å². The third-order valence-corrected chi connectivity index (χ3v) is 0.845. The largest absolute Gasteiger partial charge is 0.466 e. The molecule has 0 heterocycles. The second-order valence-corrected chi connectivity index (χ2v) is 1.59. The Kier molecular flexibility index (Phi) is 5.39. The Morgan fingerprint density at radius 3 is 3.00 bits per heavy atom. The summed E-state index contributed by atoms with van der Waals surface area (Å²) in [5.74, 6) is 2.11. The Morgan fingerprint density at radius 2 is 2.50 bits per heavy atom. The average molecular weight is 141 g/mol. The number of aliphatic imine (C=N–C) groups is 1. The van der Waals surface area contributed by atoms with Crippen LogP contribution in [-0.4, -0.2) is 25.0 Å². The molecule has 0 bridgehead atoms. The maximum atomic E-state index is 10.6. The molecule has 0 aliphatic rings. The van der Waals surface area contributed by atoms with Crippen LogP contribution in [0.3, 0.4) is 0 Å². The minimum absolute atomic E-state index is 0.221. The highest BCUT2D eigenvalue weighted by molar-refractivity contribution is 5.69. The Bertz CT molecular complexity index is 148. The smallest absolute Gasteiger partial charge is 0.307 e. The fourth-order valence-corrected chi connectivity index (χ4v) is 0.459. The molecular formula is C7H11NO2. The lowest BCUT2D eigenvalue weighted by Gasteiger charge is -1.96. The zero-order valence-electron chi connectivity index (χ0n) is 6.09. The first-order chi connectivity index (χ1) is 4.81. The van der Waals surface area contributed by atoms with Crippen LogP contribution in [0.25, 0.3) is 0 Å². The van der Waals surface area contributed by atoms with Gasteiger partial charge in [0.2, 0.25) is 0 Å². The minimum atomic E-state index is -0.221. The van der Waals surface area contributed by atoms with Crippen molar-refractivity contribution in [3.8, 4) is 0 Å². The second kappa shape index (κ2) is 6.05. The SMILES string of the molecule is C=C=NCCC(=O)OCC. The number of esters is 1. The van der Waals surface area contributed by atoms with E-state index < -0.39 is 0 Å². The molecule has 56 valence electrons. The van der Waals surface area contributed by atoms with Crippen molar-refractivity contribution >= 4 is 11.8 Å². The molecule has 0 aromatic heterocycles. The van der Waals surface area contributed by atoms with Crippen molar-refractivity contribution in [3.05, 3.63) is 6.58 Å². The van der Waals surface area contributed by atoms with Crippen LogP contribution in [0, 0.1) is 0 Å². The number of carbonyl (C=O) groups excluding carboxylic acids is 1. The molecule has 0 spiro atoms. The molecule has 0 amide bonds. The van der Waals surface area contributed by atoms with E-state index in [0.29, 0.717) is 19.6 Å². The summed E-state index contributed by atoms with van der Waals surface area (Å²) in [6, 6.07) is 0. The fourth-order valence-electron chi connectivity index (χ4n) is 0.459. The summed E-state index contributed by atoms with van der Waals surface area (Å²) in [6.45, 7) is 5.88. The molecule has 0 aromatic rings. The molecule has 0 saturated heterocycles. The summed E-state index contributed by atoms with van der Waals surface area (Å²) >= 11 is 0.